The van der Waals surface area contributed by atoms with Crippen LogP contribution in [0.1, 0.15) is 11.5 Å². The fraction of sp³-hybridized carbons (Fsp3) is 0.500. The van der Waals surface area contributed by atoms with Crippen LogP contribution in [0.2, 0.25) is 0 Å². The number of urea groups is 1. The monoisotopic (exact) mass is 447 g/mol. The van der Waals surface area contributed by atoms with E-state index in [4.69, 9.17) is 4.42 Å². The first-order chi connectivity index (χ1) is 11.4. The number of rotatable bonds is 4. The number of furan rings is 1. The summed E-state index contributed by atoms with van der Waals surface area (Å²) in [6.07, 6.45) is -0.491. The summed E-state index contributed by atoms with van der Waals surface area (Å²) in [5, 5.41) is 2.78. The molecular formula is C14H18IN5O4. The summed E-state index contributed by atoms with van der Waals surface area (Å²) >= 11 is -0.834. The van der Waals surface area contributed by atoms with Gasteiger partial charge in [-0.05, 0) is 19.1 Å². The summed E-state index contributed by atoms with van der Waals surface area (Å²) in [7, 11) is 3.07. The summed E-state index contributed by atoms with van der Waals surface area (Å²) in [6, 6.07) is 2.71. The molecule has 2 aliphatic heterocycles. The summed E-state index contributed by atoms with van der Waals surface area (Å²) in [4.78, 5) is 39.0. The fourth-order valence-electron chi connectivity index (χ4n) is 2.60. The maximum Gasteiger partial charge on any atom is 0.328 e. The molecule has 0 spiro atoms. The van der Waals surface area contributed by atoms with E-state index < -0.39 is 33.5 Å². The van der Waals surface area contributed by atoms with Crippen molar-refractivity contribution < 1.29 is 18.8 Å². The fourth-order valence-corrected chi connectivity index (χ4v) is 5.11. The largest absolute Gasteiger partial charge is 0.465 e. The molecule has 1 aromatic rings. The number of carbonyl (C=O) groups excluding carboxylic acids is 3. The van der Waals surface area contributed by atoms with Crippen LogP contribution in [0.3, 0.4) is 0 Å². The minimum absolute atomic E-state index is 0.0826. The molecule has 0 bridgehead atoms. The van der Waals surface area contributed by atoms with Crippen LogP contribution in [0.25, 0.3) is 0 Å². The lowest BCUT2D eigenvalue weighted by molar-refractivity contribution is -0.136. The van der Waals surface area contributed by atoms with Gasteiger partial charge in [0.25, 0.3) is 5.91 Å². The van der Waals surface area contributed by atoms with Crippen molar-refractivity contribution in [3.8, 4) is 0 Å². The van der Waals surface area contributed by atoms with E-state index in [1.54, 1.807) is 10.2 Å². The van der Waals surface area contributed by atoms with Crippen molar-refractivity contribution in [1.29, 1.82) is 0 Å². The predicted octanol–water partition coefficient (Wildman–Crippen LogP) is 0.808. The Morgan fingerprint density at radius 3 is 2.79 bits per heavy atom. The molecule has 2 aliphatic rings. The van der Waals surface area contributed by atoms with Gasteiger partial charge >= 0.3 is 6.03 Å². The van der Waals surface area contributed by atoms with Gasteiger partial charge in [-0.2, -0.15) is 0 Å². The molecule has 0 saturated carbocycles. The molecule has 2 atom stereocenters. The number of imide groups is 1. The molecule has 1 aromatic heterocycles. The summed E-state index contributed by atoms with van der Waals surface area (Å²) < 4.78 is 11.6. The molecule has 3 rings (SSSR count). The predicted molar refractivity (Wildman–Crippen MR) is 92.0 cm³/mol. The molecule has 0 aliphatic carbocycles. The highest BCUT2D eigenvalue weighted by atomic mass is 127. The van der Waals surface area contributed by atoms with Crippen molar-refractivity contribution >= 4 is 39.2 Å². The zero-order valence-electron chi connectivity index (χ0n) is 13.5. The normalized spacial score (nSPS) is 24.1. The standard InChI is InChI=1S/C14H18IN5O4/c1-8-4-5-9(24-8)6-16-10(21)7-20-11-12(17-15-20)18(2)14(23)19(3)13(11)22/h4-5,11-12H,6-7H2,1-3H3,(H,16,21). The lowest BCUT2D eigenvalue weighted by Crippen LogP contribution is -2.63. The minimum Gasteiger partial charge on any atom is -0.465 e. The van der Waals surface area contributed by atoms with Gasteiger partial charge in [0, 0.05) is 14.1 Å². The lowest BCUT2D eigenvalue weighted by Gasteiger charge is -2.38. The van der Waals surface area contributed by atoms with Crippen molar-refractivity contribution in [3.05, 3.63) is 23.7 Å². The molecule has 130 valence electrons. The molecule has 1 saturated heterocycles. The maximum atomic E-state index is 12.4. The van der Waals surface area contributed by atoms with Crippen LogP contribution >= 0.6 is 21.3 Å². The smallest absolute Gasteiger partial charge is 0.328 e. The van der Waals surface area contributed by atoms with Crippen molar-refractivity contribution in [2.24, 2.45) is 3.15 Å². The highest BCUT2D eigenvalue weighted by Gasteiger charge is 2.49. The van der Waals surface area contributed by atoms with E-state index in [-0.39, 0.29) is 24.4 Å². The highest BCUT2D eigenvalue weighted by Crippen LogP contribution is 2.34. The molecule has 2 unspecified atom stereocenters. The summed E-state index contributed by atoms with van der Waals surface area (Å²) in [6.45, 7) is 2.22. The quantitative estimate of drug-likeness (QED) is 0.544. The zero-order valence-corrected chi connectivity index (χ0v) is 15.7. The zero-order chi connectivity index (χ0) is 17.4. The third-order valence-corrected chi connectivity index (χ3v) is 6.26. The number of nitrogens with zero attached hydrogens (tertiary/aromatic N) is 4. The second kappa shape index (κ2) is 6.59. The Morgan fingerprint density at radius 1 is 1.38 bits per heavy atom. The van der Waals surface area contributed by atoms with Gasteiger partial charge in [0.15, 0.2) is 6.17 Å². The first-order valence-electron chi connectivity index (χ1n) is 7.36. The average Bonchev–Trinajstić information content (AvgIpc) is 3.15. The SMILES string of the molecule is Cc1ccc(CNC(=O)CN2I=NC3C2C(=O)N(C)C(=O)N3C)o1. The topological polar surface area (TPSA) is 98.5 Å². The van der Waals surface area contributed by atoms with Crippen molar-refractivity contribution in [2.45, 2.75) is 25.7 Å². The second-order valence-corrected chi connectivity index (χ2v) is 7.90. The molecule has 10 heteroatoms. The van der Waals surface area contributed by atoms with Crippen LogP contribution in [-0.2, 0) is 16.1 Å². The van der Waals surface area contributed by atoms with Gasteiger partial charge in [-0.15, -0.1) is 0 Å². The first-order valence-corrected chi connectivity index (χ1v) is 9.29. The Kier molecular flexibility index (Phi) is 4.67. The summed E-state index contributed by atoms with van der Waals surface area (Å²) in [5.41, 5.74) is 0. The Labute approximate surface area is 149 Å². The molecule has 0 radical (unpaired) electrons. The highest BCUT2D eigenvalue weighted by molar-refractivity contribution is 14.1. The number of likely N-dealkylation sites (N-methyl/N-ethyl adjacent to an activating group) is 2. The number of halogens is 1. The third-order valence-electron chi connectivity index (χ3n) is 3.94. The first kappa shape index (κ1) is 17.0. The van der Waals surface area contributed by atoms with Gasteiger partial charge < -0.3 is 14.6 Å². The molecular weight excluding hydrogens is 429 g/mol. The van der Waals surface area contributed by atoms with Crippen LogP contribution < -0.4 is 5.32 Å². The van der Waals surface area contributed by atoms with E-state index >= 15 is 0 Å². The van der Waals surface area contributed by atoms with Crippen LogP contribution in [-0.4, -0.2) is 63.6 Å². The summed E-state index contributed by atoms with van der Waals surface area (Å²) in [5.74, 6) is 0.960. The van der Waals surface area contributed by atoms with Crippen LogP contribution in [0, 0.1) is 6.92 Å². The molecule has 1 fully saturated rings. The van der Waals surface area contributed by atoms with Crippen LogP contribution in [0.5, 0.6) is 0 Å². The van der Waals surface area contributed by atoms with Gasteiger partial charge in [0.1, 0.15) is 17.6 Å². The van der Waals surface area contributed by atoms with Crippen molar-refractivity contribution in [2.75, 3.05) is 20.6 Å². The molecule has 1 N–H and O–H groups in total. The van der Waals surface area contributed by atoms with E-state index in [1.807, 2.05) is 19.1 Å². The van der Waals surface area contributed by atoms with Gasteiger partial charge in [-0.1, -0.05) is 0 Å². The lowest BCUT2D eigenvalue weighted by atomic mass is 10.1. The van der Waals surface area contributed by atoms with Crippen molar-refractivity contribution in [1.82, 2.24) is 18.2 Å². The Morgan fingerprint density at radius 2 is 2.12 bits per heavy atom. The Balaban J connectivity index is 1.61. The van der Waals surface area contributed by atoms with E-state index in [0.29, 0.717) is 12.3 Å². The molecule has 3 heterocycles. The number of fused-ring (bicyclic) bond motifs is 1. The maximum absolute atomic E-state index is 12.4. The van der Waals surface area contributed by atoms with Gasteiger partial charge in [0.2, 0.25) is 5.91 Å². The van der Waals surface area contributed by atoms with Crippen LogP contribution in [0.15, 0.2) is 19.7 Å². The number of hydrogen-bond donors (Lipinski definition) is 1. The Hall–Kier alpha value is -1.82. The number of carbonyl (C=O) groups is 3. The minimum atomic E-state index is -0.834. The average molecular weight is 447 g/mol. The number of aryl methyl sites for hydroxylation is 1. The third kappa shape index (κ3) is 3.07. The number of amides is 4. The van der Waals surface area contributed by atoms with Gasteiger partial charge in [0.05, 0.1) is 34.4 Å². The van der Waals surface area contributed by atoms with Gasteiger partial charge in [-0.3, -0.25) is 14.5 Å². The number of nitrogens with one attached hydrogen (secondary N) is 1. The van der Waals surface area contributed by atoms with E-state index in [9.17, 15) is 14.4 Å². The van der Waals surface area contributed by atoms with E-state index in [2.05, 4.69) is 8.46 Å². The molecule has 4 amide bonds. The molecule has 0 aromatic carbocycles. The van der Waals surface area contributed by atoms with Gasteiger partial charge in [-0.25, -0.2) is 11.1 Å². The number of hydrogen-bond acceptors (Lipinski definition) is 6. The van der Waals surface area contributed by atoms with Crippen molar-refractivity contribution in [3.63, 3.8) is 0 Å². The molecule has 9 nitrogen and oxygen atoms in total. The van der Waals surface area contributed by atoms with E-state index in [1.165, 1.54) is 11.9 Å². The van der Waals surface area contributed by atoms with Crippen LogP contribution in [0.4, 0.5) is 4.79 Å². The van der Waals surface area contributed by atoms with E-state index in [0.717, 1.165) is 10.7 Å². The molecule has 24 heavy (non-hydrogen) atoms. The Bertz CT molecular complexity index is 718. The second-order valence-electron chi connectivity index (χ2n) is 5.67.